The standard InChI is InChI=1S/C14H9Cl2N3O/c15-10-5-1-4-9(12(10)16)13-11(14(17)20-19-13)8-3-2-6-18-7-8/h1-7H,17H2. The predicted molar refractivity (Wildman–Crippen MR) is 79.6 cm³/mol. The average Bonchev–Trinajstić information content (AvgIpc) is 2.84. The molecule has 0 aliphatic carbocycles. The molecule has 0 radical (unpaired) electrons. The van der Waals surface area contributed by atoms with Gasteiger partial charge in [-0.05, 0) is 12.1 Å². The minimum Gasteiger partial charge on any atom is -0.367 e. The number of nitrogens with two attached hydrogens (primary N) is 1. The highest BCUT2D eigenvalue weighted by molar-refractivity contribution is 6.43. The SMILES string of the molecule is Nc1onc(-c2cccc(Cl)c2Cl)c1-c1cccnc1. The van der Waals surface area contributed by atoms with Crippen molar-refractivity contribution in [2.75, 3.05) is 5.73 Å². The number of nitrogens with zero attached hydrogens (tertiary/aromatic N) is 2. The molecule has 0 aliphatic heterocycles. The van der Waals surface area contributed by atoms with Crippen molar-refractivity contribution in [2.24, 2.45) is 0 Å². The van der Waals surface area contributed by atoms with Crippen LogP contribution in [0.1, 0.15) is 0 Å². The van der Waals surface area contributed by atoms with Gasteiger partial charge in [0.1, 0.15) is 5.69 Å². The third-order valence-corrected chi connectivity index (χ3v) is 3.69. The summed E-state index contributed by atoms with van der Waals surface area (Å²) in [4.78, 5) is 4.07. The van der Waals surface area contributed by atoms with Gasteiger partial charge in [-0.3, -0.25) is 4.98 Å². The van der Waals surface area contributed by atoms with Crippen molar-refractivity contribution < 1.29 is 4.52 Å². The van der Waals surface area contributed by atoms with Gasteiger partial charge in [0, 0.05) is 23.5 Å². The number of pyridine rings is 1. The Morgan fingerprint density at radius 1 is 1.10 bits per heavy atom. The second kappa shape index (κ2) is 5.15. The highest BCUT2D eigenvalue weighted by atomic mass is 35.5. The molecule has 2 aromatic heterocycles. The molecule has 3 rings (SSSR count). The summed E-state index contributed by atoms with van der Waals surface area (Å²) in [6, 6.07) is 9.00. The maximum atomic E-state index is 6.23. The minimum atomic E-state index is 0.212. The Bertz CT molecular complexity index is 756. The molecular weight excluding hydrogens is 297 g/mol. The Morgan fingerprint density at radius 2 is 1.95 bits per heavy atom. The van der Waals surface area contributed by atoms with Crippen LogP contribution in [-0.2, 0) is 0 Å². The first-order valence-corrected chi connectivity index (χ1v) is 6.54. The number of hydrogen-bond donors (Lipinski definition) is 1. The fourth-order valence-corrected chi connectivity index (χ4v) is 2.35. The number of halogens is 2. The minimum absolute atomic E-state index is 0.212. The maximum absolute atomic E-state index is 6.23. The highest BCUT2D eigenvalue weighted by Crippen LogP contribution is 2.40. The molecule has 0 aliphatic rings. The summed E-state index contributed by atoms with van der Waals surface area (Å²) in [6.45, 7) is 0. The molecule has 0 spiro atoms. The summed E-state index contributed by atoms with van der Waals surface area (Å²) in [7, 11) is 0. The summed E-state index contributed by atoms with van der Waals surface area (Å²) in [6.07, 6.45) is 3.37. The molecule has 0 atom stereocenters. The Hall–Kier alpha value is -2.04. The van der Waals surface area contributed by atoms with Crippen LogP contribution in [0.3, 0.4) is 0 Å². The van der Waals surface area contributed by atoms with Gasteiger partial charge < -0.3 is 10.3 Å². The molecule has 2 heterocycles. The Kier molecular flexibility index (Phi) is 3.34. The lowest BCUT2D eigenvalue weighted by molar-refractivity contribution is 0.439. The molecular formula is C14H9Cl2N3O. The molecule has 0 saturated carbocycles. The zero-order valence-electron chi connectivity index (χ0n) is 10.2. The van der Waals surface area contributed by atoms with Gasteiger partial charge in [0.25, 0.3) is 0 Å². The predicted octanol–water partition coefficient (Wildman–Crippen LogP) is 4.29. The molecule has 100 valence electrons. The smallest absolute Gasteiger partial charge is 0.230 e. The van der Waals surface area contributed by atoms with Crippen LogP contribution in [0.25, 0.3) is 22.4 Å². The zero-order valence-corrected chi connectivity index (χ0v) is 11.7. The molecule has 4 nitrogen and oxygen atoms in total. The molecule has 20 heavy (non-hydrogen) atoms. The van der Waals surface area contributed by atoms with Crippen molar-refractivity contribution in [3.8, 4) is 22.4 Å². The second-order valence-electron chi connectivity index (χ2n) is 4.11. The van der Waals surface area contributed by atoms with E-state index < -0.39 is 0 Å². The number of aromatic nitrogens is 2. The van der Waals surface area contributed by atoms with E-state index in [2.05, 4.69) is 10.1 Å². The van der Waals surface area contributed by atoms with Crippen molar-refractivity contribution in [3.05, 3.63) is 52.8 Å². The number of benzene rings is 1. The summed E-state index contributed by atoms with van der Waals surface area (Å²) in [5.41, 5.74) is 8.53. The summed E-state index contributed by atoms with van der Waals surface area (Å²) >= 11 is 12.3. The molecule has 0 amide bonds. The largest absolute Gasteiger partial charge is 0.367 e. The van der Waals surface area contributed by atoms with E-state index in [-0.39, 0.29) is 5.88 Å². The molecule has 0 fully saturated rings. The Labute approximate surface area is 125 Å². The summed E-state index contributed by atoms with van der Waals surface area (Å²) < 4.78 is 5.10. The zero-order chi connectivity index (χ0) is 14.1. The first-order valence-electron chi connectivity index (χ1n) is 5.78. The van der Waals surface area contributed by atoms with Crippen LogP contribution in [-0.4, -0.2) is 10.1 Å². The lowest BCUT2D eigenvalue weighted by atomic mass is 10.0. The van der Waals surface area contributed by atoms with Gasteiger partial charge in [0.2, 0.25) is 5.88 Å². The average molecular weight is 306 g/mol. The topological polar surface area (TPSA) is 64.9 Å². The number of nitrogen functional groups attached to an aromatic ring is 1. The monoisotopic (exact) mass is 305 g/mol. The molecule has 0 bridgehead atoms. The third kappa shape index (κ3) is 2.13. The van der Waals surface area contributed by atoms with Gasteiger partial charge >= 0.3 is 0 Å². The highest BCUT2D eigenvalue weighted by Gasteiger charge is 2.20. The first-order chi connectivity index (χ1) is 9.68. The van der Waals surface area contributed by atoms with Gasteiger partial charge in [0.05, 0.1) is 15.6 Å². The first kappa shape index (κ1) is 13.0. The van der Waals surface area contributed by atoms with Gasteiger partial charge in [-0.25, -0.2) is 0 Å². The molecule has 2 N–H and O–H groups in total. The molecule has 0 unspecified atom stereocenters. The fraction of sp³-hybridized carbons (Fsp3) is 0. The van der Waals surface area contributed by atoms with E-state index in [4.69, 9.17) is 33.5 Å². The number of hydrogen-bond acceptors (Lipinski definition) is 4. The van der Waals surface area contributed by atoms with E-state index in [1.165, 1.54) is 0 Å². The maximum Gasteiger partial charge on any atom is 0.230 e. The van der Waals surface area contributed by atoms with Crippen molar-refractivity contribution >= 4 is 29.1 Å². The van der Waals surface area contributed by atoms with Gasteiger partial charge in [0.15, 0.2) is 0 Å². The normalized spacial score (nSPS) is 10.7. The number of anilines is 1. The molecule has 0 saturated heterocycles. The van der Waals surface area contributed by atoms with E-state index >= 15 is 0 Å². The van der Waals surface area contributed by atoms with Crippen molar-refractivity contribution in [3.63, 3.8) is 0 Å². The number of rotatable bonds is 2. The van der Waals surface area contributed by atoms with Gasteiger partial charge in [-0.1, -0.05) is 46.6 Å². The summed E-state index contributed by atoms with van der Waals surface area (Å²) in [5, 5.41) is 4.85. The summed E-state index contributed by atoms with van der Waals surface area (Å²) in [5.74, 6) is 0.212. The Balaban J connectivity index is 2.24. The van der Waals surface area contributed by atoms with Gasteiger partial charge in [-0.2, -0.15) is 0 Å². The van der Waals surface area contributed by atoms with Crippen LogP contribution < -0.4 is 5.73 Å². The lowest BCUT2D eigenvalue weighted by Gasteiger charge is -2.05. The van der Waals surface area contributed by atoms with Crippen LogP contribution in [0.15, 0.2) is 47.2 Å². The van der Waals surface area contributed by atoms with E-state index in [9.17, 15) is 0 Å². The molecule has 3 aromatic rings. The van der Waals surface area contributed by atoms with Crippen molar-refractivity contribution in [1.29, 1.82) is 0 Å². The van der Waals surface area contributed by atoms with Crippen LogP contribution in [0.5, 0.6) is 0 Å². The fourth-order valence-electron chi connectivity index (χ4n) is 1.96. The molecule has 6 heteroatoms. The van der Waals surface area contributed by atoms with Crippen LogP contribution in [0.4, 0.5) is 5.88 Å². The molecule has 1 aromatic carbocycles. The quantitative estimate of drug-likeness (QED) is 0.767. The van der Waals surface area contributed by atoms with Crippen LogP contribution >= 0.6 is 23.2 Å². The Morgan fingerprint density at radius 3 is 2.70 bits per heavy atom. The van der Waals surface area contributed by atoms with Crippen molar-refractivity contribution in [1.82, 2.24) is 10.1 Å². The van der Waals surface area contributed by atoms with E-state index in [0.29, 0.717) is 26.9 Å². The van der Waals surface area contributed by atoms with Crippen molar-refractivity contribution in [2.45, 2.75) is 0 Å². The third-order valence-electron chi connectivity index (χ3n) is 2.88. The van der Waals surface area contributed by atoms with Crippen LogP contribution in [0, 0.1) is 0 Å². The van der Waals surface area contributed by atoms with Crippen LogP contribution in [0.2, 0.25) is 10.0 Å². The van der Waals surface area contributed by atoms with E-state index in [1.807, 2.05) is 18.2 Å². The second-order valence-corrected chi connectivity index (χ2v) is 4.90. The van der Waals surface area contributed by atoms with Gasteiger partial charge in [-0.15, -0.1) is 0 Å². The van der Waals surface area contributed by atoms with E-state index in [0.717, 1.165) is 5.56 Å². The lowest BCUT2D eigenvalue weighted by Crippen LogP contribution is -1.89. The van der Waals surface area contributed by atoms with E-state index in [1.54, 1.807) is 24.5 Å².